The first-order chi connectivity index (χ1) is 10.2. The summed E-state index contributed by atoms with van der Waals surface area (Å²) >= 11 is 0. The van der Waals surface area contributed by atoms with Gasteiger partial charge in [0.1, 0.15) is 19.0 Å². The third kappa shape index (κ3) is 4.57. The van der Waals surface area contributed by atoms with Crippen LogP contribution in [0.5, 0.6) is 5.75 Å². The minimum atomic E-state index is -1.09. The molecular weight excluding hydrogens is 274 g/mol. The number of hydrogen-bond donors (Lipinski definition) is 2. The van der Waals surface area contributed by atoms with Crippen molar-refractivity contribution < 1.29 is 24.7 Å². The molecule has 0 amide bonds. The van der Waals surface area contributed by atoms with Gasteiger partial charge in [0.05, 0.1) is 5.56 Å². The smallest absolute Gasteiger partial charge is 0.338 e. The molecule has 6 nitrogen and oxygen atoms in total. The summed E-state index contributed by atoms with van der Waals surface area (Å²) in [7, 11) is 0. The van der Waals surface area contributed by atoms with Gasteiger partial charge in [0.25, 0.3) is 0 Å². The number of hydrogen-bond acceptors (Lipinski definition) is 5. The van der Waals surface area contributed by atoms with Crippen LogP contribution in [-0.2, 0) is 4.74 Å². The molecule has 6 heteroatoms. The standard InChI is InChI=1S/C15H15NO5/c17-15(12-5-4-6-13(11-12)16(18)19)21-10-9-20-14-7-2-1-3-8-14/h1-8,11,16,18H,9-10H2. The van der Waals surface area contributed by atoms with Crippen LogP contribution in [0.4, 0.5) is 5.69 Å². The zero-order valence-electron chi connectivity index (χ0n) is 11.2. The summed E-state index contributed by atoms with van der Waals surface area (Å²) in [6.07, 6.45) is 0. The van der Waals surface area contributed by atoms with E-state index in [1.165, 1.54) is 24.3 Å². The maximum absolute atomic E-state index is 11.8. The van der Waals surface area contributed by atoms with Crippen LogP contribution in [0.1, 0.15) is 10.4 Å². The van der Waals surface area contributed by atoms with E-state index in [1.807, 2.05) is 18.2 Å². The second-order valence-corrected chi connectivity index (χ2v) is 4.18. The van der Waals surface area contributed by atoms with Gasteiger partial charge < -0.3 is 14.7 Å². The first-order valence-corrected chi connectivity index (χ1v) is 6.35. The molecule has 21 heavy (non-hydrogen) atoms. The Labute approximate surface area is 121 Å². The van der Waals surface area contributed by atoms with E-state index in [-0.39, 0.29) is 24.5 Å². The number of benzene rings is 2. The fraction of sp³-hybridized carbons (Fsp3) is 0.133. The second kappa shape index (κ2) is 7.39. The van der Waals surface area contributed by atoms with Gasteiger partial charge in [-0.25, -0.2) is 10.0 Å². The predicted octanol–water partition coefficient (Wildman–Crippen LogP) is 1.33. The van der Waals surface area contributed by atoms with Gasteiger partial charge in [0.2, 0.25) is 0 Å². The fourth-order valence-electron chi connectivity index (χ4n) is 1.67. The Morgan fingerprint density at radius 1 is 1.10 bits per heavy atom. The lowest BCUT2D eigenvalue weighted by molar-refractivity contribution is -0.991. The molecule has 0 aromatic heterocycles. The predicted molar refractivity (Wildman–Crippen MR) is 74.4 cm³/mol. The van der Waals surface area contributed by atoms with Crippen molar-refractivity contribution in [2.45, 2.75) is 0 Å². The van der Waals surface area contributed by atoms with Crippen molar-refractivity contribution in [1.29, 1.82) is 0 Å². The van der Waals surface area contributed by atoms with Crippen LogP contribution in [0.15, 0.2) is 54.6 Å². The third-order valence-electron chi connectivity index (χ3n) is 2.67. The third-order valence-corrected chi connectivity index (χ3v) is 2.67. The second-order valence-electron chi connectivity index (χ2n) is 4.18. The van der Waals surface area contributed by atoms with E-state index in [1.54, 1.807) is 12.1 Å². The molecule has 0 heterocycles. The molecule has 0 aliphatic rings. The lowest BCUT2D eigenvalue weighted by Gasteiger charge is -2.12. The molecule has 2 aromatic rings. The summed E-state index contributed by atoms with van der Waals surface area (Å²) in [5.74, 6) is 0.121. The minimum Gasteiger partial charge on any atom is -0.595 e. The maximum atomic E-state index is 11.8. The number of quaternary nitrogens is 1. The van der Waals surface area contributed by atoms with Gasteiger partial charge >= 0.3 is 5.97 Å². The molecule has 0 fully saturated rings. The summed E-state index contributed by atoms with van der Waals surface area (Å²) in [4.78, 5) is 11.8. The summed E-state index contributed by atoms with van der Waals surface area (Å²) in [5.41, 5.74) is 0.250. The highest BCUT2D eigenvalue weighted by Gasteiger charge is 2.10. The fourth-order valence-corrected chi connectivity index (χ4v) is 1.67. The summed E-state index contributed by atoms with van der Waals surface area (Å²) in [6, 6.07) is 14.9. The highest BCUT2D eigenvalue weighted by Crippen LogP contribution is 2.09. The monoisotopic (exact) mass is 289 g/mol. The molecule has 2 rings (SSSR count). The molecule has 2 aromatic carbocycles. The van der Waals surface area contributed by atoms with Crippen LogP contribution in [0, 0.1) is 5.21 Å². The molecule has 0 aliphatic carbocycles. The zero-order chi connectivity index (χ0) is 15.1. The van der Waals surface area contributed by atoms with E-state index in [0.717, 1.165) is 0 Å². The Kier molecular flexibility index (Phi) is 5.28. The lowest BCUT2D eigenvalue weighted by Crippen LogP contribution is -2.99. The Morgan fingerprint density at radius 2 is 1.86 bits per heavy atom. The molecule has 1 unspecified atom stereocenters. The molecule has 0 saturated heterocycles. The van der Waals surface area contributed by atoms with E-state index >= 15 is 0 Å². The molecule has 2 N–H and O–H groups in total. The van der Waals surface area contributed by atoms with Crippen LogP contribution >= 0.6 is 0 Å². The van der Waals surface area contributed by atoms with Crippen LogP contribution in [0.3, 0.4) is 0 Å². The molecular formula is C15H15NO5. The average Bonchev–Trinajstić information content (AvgIpc) is 2.52. The Morgan fingerprint density at radius 3 is 2.57 bits per heavy atom. The normalized spacial score (nSPS) is 11.7. The van der Waals surface area contributed by atoms with Crippen molar-refractivity contribution in [1.82, 2.24) is 0 Å². The van der Waals surface area contributed by atoms with Crippen molar-refractivity contribution in [2.75, 3.05) is 13.2 Å². The van der Waals surface area contributed by atoms with Gasteiger partial charge in [-0.1, -0.05) is 24.3 Å². The van der Waals surface area contributed by atoms with Gasteiger partial charge in [-0.3, -0.25) is 0 Å². The van der Waals surface area contributed by atoms with Crippen molar-refractivity contribution in [3.63, 3.8) is 0 Å². The van der Waals surface area contributed by atoms with E-state index in [4.69, 9.17) is 14.7 Å². The number of carbonyl (C=O) groups is 1. The Balaban J connectivity index is 1.81. The van der Waals surface area contributed by atoms with E-state index in [0.29, 0.717) is 5.75 Å². The molecule has 1 atom stereocenters. The molecule has 0 radical (unpaired) electrons. The van der Waals surface area contributed by atoms with Crippen molar-refractivity contribution >= 4 is 11.7 Å². The first kappa shape index (κ1) is 15.0. The molecule has 0 bridgehead atoms. The number of carbonyl (C=O) groups excluding carboxylic acids is 1. The molecule has 0 spiro atoms. The van der Waals surface area contributed by atoms with Crippen LogP contribution in [0.25, 0.3) is 0 Å². The minimum absolute atomic E-state index is 0.0463. The van der Waals surface area contributed by atoms with Gasteiger partial charge in [-0.15, -0.1) is 0 Å². The first-order valence-electron chi connectivity index (χ1n) is 6.35. The van der Waals surface area contributed by atoms with Gasteiger partial charge in [0, 0.05) is 12.1 Å². The SMILES string of the molecule is O=C(OCCOc1ccccc1)c1cccc([NH+]([O-])O)c1. The van der Waals surface area contributed by atoms with Crippen LogP contribution in [-0.4, -0.2) is 24.4 Å². The topological polar surface area (TPSA) is 83.3 Å². The van der Waals surface area contributed by atoms with E-state index in [9.17, 15) is 10.0 Å². The molecule has 0 saturated carbocycles. The average molecular weight is 289 g/mol. The van der Waals surface area contributed by atoms with Crippen molar-refractivity contribution in [2.24, 2.45) is 0 Å². The number of rotatable bonds is 6. The highest BCUT2D eigenvalue weighted by atomic mass is 16.8. The molecule has 0 aliphatic heterocycles. The lowest BCUT2D eigenvalue weighted by atomic mass is 10.2. The van der Waals surface area contributed by atoms with Crippen molar-refractivity contribution in [3.05, 3.63) is 65.4 Å². The highest BCUT2D eigenvalue weighted by molar-refractivity contribution is 5.90. The van der Waals surface area contributed by atoms with Crippen molar-refractivity contribution in [3.8, 4) is 5.75 Å². The maximum Gasteiger partial charge on any atom is 0.338 e. The summed E-state index contributed by atoms with van der Waals surface area (Å²) < 4.78 is 10.4. The Bertz CT molecular complexity index is 586. The number of nitrogens with one attached hydrogen (secondary N) is 1. The van der Waals surface area contributed by atoms with Gasteiger partial charge in [0.15, 0.2) is 5.69 Å². The van der Waals surface area contributed by atoms with Crippen LogP contribution in [0.2, 0.25) is 0 Å². The summed E-state index contributed by atoms with van der Waals surface area (Å²) in [5, 5.41) is 18.6. The summed E-state index contributed by atoms with van der Waals surface area (Å²) in [6.45, 7) is 0.319. The largest absolute Gasteiger partial charge is 0.595 e. The van der Waals surface area contributed by atoms with E-state index in [2.05, 4.69) is 0 Å². The number of ether oxygens (including phenoxy) is 2. The Hall–Kier alpha value is -2.41. The van der Waals surface area contributed by atoms with Crippen LogP contribution < -0.4 is 9.96 Å². The van der Waals surface area contributed by atoms with E-state index < -0.39 is 11.2 Å². The van der Waals surface area contributed by atoms with Gasteiger partial charge in [-0.05, 0) is 18.2 Å². The number of esters is 1. The molecule has 110 valence electrons. The quantitative estimate of drug-likeness (QED) is 0.476. The van der Waals surface area contributed by atoms with Gasteiger partial charge in [-0.2, -0.15) is 5.23 Å². The number of para-hydroxylation sites is 1. The zero-order valence-corrected chi connectivity index (χ0v) is 11.2.